The van der Waals surface area contributed by atoms with Crippen molar-refractivity contribution in [2.45, 2.75) is 6.04 Å². The van der Waals surface area contributed by atoms with E-state index in [2.05, 4.69) is 4.79 Å². The predicted molar refractivity (Wildman–Crippen MR) is 43.6 cm³/mol. The first-order valence-electron chi connectivity index (χ1n) is 3.46. The Morgan fingerprint density at radius 1 is 1.43 bits per heavy atom. The van der Waals surface area contributed by atoms with Crippen molar-refractivity contribution < 1.29 is 14.6 Å². The summed E-state index contributed by atoms with van der Waals surface area (Å²) < 4.78 is 0. The van der Waals surface area contributed by atoms with E-state index >= 15 is 0 Å². The van der Waals surface area contributed by atoms with Crippen LogP contribution in [-0.2, 0) is 0 Å². The van der Waals surface area contributed by atoms with E-state index in [0.717, 1.165) is 12.2 Å². The van der Waals surface area contributed by atoms with Crippen LogP contribution >= 0.6 is 0 Å². The molecule has 0 aliphatic heterocycles. The first-order valence-corrected chi connectivity index (χ1v) is 3.46. The Hall–Kier alpha value is -2.34. The number of hydrogen-bond acceptors (Lipinski definition) is 4. The van der Waals surface area contributed by atoms with E-state index in [1.165, 1.54) is 6.08 Å². The van der Waals surface area contributed by atoms with E-state index in [9.17, 15) is 20.2 Å². The van der Waals surface area contributed by atoms with Gasteiger partial charge in [-0.25, -0.2) is 0 Å². The summed E-state index contributed by atoms with van der Waals surface area (Å²) in [7, 11) is 0. The summed E-state index contributed by atoms with van der Waals surface area (Å²) in [6, 6.07) is -1.71. The molecule has 0 saturated carbocycles. The number of rotatable bonds is 2. The second-order valence-corrected chi connectivity index (χ2v) is 2.42. The molecule has 0 fully saturated rings. The summed E-state index contributed by atoms with van der Waals surface area (Å²) in [5.41, 5.74) is 7.42. The molecule has 1 aliphatic carbocycles. The molecule has 1 unspecified atom stereocenters. The molecule has 8 nitrogen and oxygen atoms in total. The summed E-state index contributed by atoms with van der Waals surface area (Å²) in [4.78, 5) is 21.7. The van der Waals surface area contributed by atoms with Gasteiger partial charge >= 0.3 is 17.5 Å². The molecule has 0 N–H and O–H groups in total. The van der Waals surface area contributed by atoms with E-state index in [4.69, 9.17) is 5.53 Å². The Kier molecular flexibility index (Phi) is 2.49. The van der Waals surface area contributed by atoms with Crippen LogP contribution < -0.4 is 0 Å². The third-order valence-electron chi connectivity index (χ3n) is 1.63. The number of nitrogens with zero attached hydrogens (tertiary/aromatic N) is 4. The minimum Gasteiger partial charge on any atom is -0.361 e. The Morgan fingerprint density at radius 2 is 2.07 bits per heavy atom. The Balaban J connectivity index is 3.23. The average molecular weight is 196 g/mol. The third kappa shape index (κ3) is 1.54. The van der Waals surface area contributed by atoms with Gasteiger partial charge in [0.25, 0.3) is 0 Å². The standard InChI is InChI=1S/C6H4N4O4/c7-8-4-2-1-3-5(9(11)12)6(4)10(13)14/h1-3,6H. The SMILES string of the molecule is [N-]=[N+]=C1C=CC=C([N+](=O)[O-])C1[N+](=O)[O-]. The van der Waals surface area contributed by atoms with Crippen molar-refractivity contribution in [3.05, 3.63) is 49.7 Å². The predicted octanol–water partition coefficient (Wildman–Crippen LogP) is 0.0329. The van der Waals surface area contributed by atoms with Crippen LogP contribution in [0.15, 0.2) is 23.9 Å². The Bertz CT molecular complexity index is 404. The zero-order chi connectivity index (χ0) is 10.7. The van der Waals surface area contributed by atoms with Crippen LogP contribution in [0.25, 0.3) is 5.53 Å². The highest BCUT2D eigenvalue weighted by Crippen LogP contribution is 2.13. The molecule has 1 atom stereocenters. The number of hydrogen-bond donors (Lipinski definition) is 0. The largest absolute Gasteiger partial charge is 0.398 e. The van der Waals surface area contributed by atoms with Gasteiger partial charge in [-0.2, -0.15) is 4.79 Å². The maximum absolute atomic E-state index is 10.5. The van der Waals surface area contributed by atoms with Gasteiger partial charge in [-0.05, 0) is 6.08 Å². The van der Waals surface area contributed by atoms with Gasteiger partial charge in [0.1, 0.15) is 0 Å². The van der Waals surface area contributed by atoms with Crippen LogP contribution in [0.3, 0.4) is 0 Å². The molecule has 0 bridgehead atoms. The fraction of sp³-hybridized carbons (Fsp3) is 0.167. The van der Waals surface area contributed by atoms with Gasteiger partial charge in [0.05, 0.1) is 4.92 Å². The average Bonchev–Trinajstić information content (AvgIpc) is 2.16. The highest BCUT2D eigenvalue weighted by Gasteiger charge is 2.46. The van der Waals surface area contributed by atoms with Crippen LogP contribution in [0.4, 0.5) is 0 Å². The van der Waals surface area contributed by atoms with Crippen molar-refractivity contribution in [3.63, 3.8) is 0 Å². The second kappa shape index (κ2) is 3.58. The van der Waals surface area contributed by atoms with Gasteiger partial charge in [0, 0.05) is 17.1 Å². The molecule has 1 rings (SSSR count). The van der Waals surface area contributed by atoms with Crippen molar-refractivity contribution >= 4 is 5.71 Å². The van der Waals surface area contributed by atoms with E-state index in [1.54, 1.807) is 0 Å². The summed E-state index contributed by atoms with van der Waals surface area (Å²) >= 11 is 0. The van der Waals surface area contributed by atoms with Gasteiger partial charge < -0.3 is 5.53 Å². The molecular weight excluding hydrogens is 192 g/mol. The smallest absolute Gasteiger partial charge is 0.361 e. The second-order valence-electron chi connectivity index (χ2n) is 2.42. The van der Waals surface area contributed by atoms with Crippen molar-refractivity contribution in [1.82, 2.24) is 0 Å². The Morgan fingerprint density at radius 3 is 2.50 bits per heavy atom. The van der Waals surface area contributed by atoms with Crippen molar-refractivity contribution in [2.24, 2.45) is 0 Å². The van der Waals surface area contributed by atoms with E-state index in [-0.39, 0.29) is 5.71 Å². The lowest BCUT2D eigenvalue weighted by atomic mass is 10.0. The lowest BCUT2D eigenvalue weighted by Gasteiger charge is -2.02. The van der Waals surface area contributed by atoms with Gasteiger partial charge in [-0.1, -0.05) is 0 Å². The fourth-order valence-electron chi connectivity index (χ4n) is 1.04. The van der Waals surface area contributed by atoms with Gasteiger partial charge in [0.2, 0.25) is 0 Å². The summed E-state index contributed by atoms with van der Waals surface area (Å²) in [5.74, 6) is 0. The molecule has 0 saturated heterocycles. The zero-order valence-electron chi connectivity index (χ0n) is 6.73. The molecule has 0 spiro atoms. The van der Waals surface area contributed by atoms with Crippen LogP contribution in [-0.4, -0.2) is 26.4 Å². The van der Waals surface area contributed by atoms with Crippen LogP contribution in [0, 0.1) is 20.2 Å². The van der Waals surface area contributed by atoms with E-state index < -0.39 is 21.6 Å². The molecule has 72 valence electrons. The summed E-state index contributed by atoms with van der Waals surface area (Å²) in [6.07, 6.45) is 3.36. The highest BCUT2D eigenvalue weighted by atomic mass is 16.6. The maximum Gasteiger partial charge on any atom is 0.398 e. The van der Waals surface area contributed by atoms with Crippen LogP contribution in [0.2, 0.25) is 0 Å². The van der Waals surface area contributed by atoms with E-state index in [1.807, 2.05) is 0 Å². The molecule has 1 aliphatic rings. The molecule has 0 aromatic rings. The number of nitro groups is 2. The van der Waals surface area contributed by atoms with Gasteiger partial charge in [-0.3, -0.25) is 20.2 Å². The van der Waals surface area contributed by atoms with Crippen LogP contribution in [0.5, 0.6) is 0 Å². The fourth-order valence-corrected chi connectivity index (χ4v) is 1.04. The molecule has 0 amide bonds. The monoisotopic (exact) mass is 196 g/mol. The first-order chi connectivity index (χ1) is 6.57. The minimum absolute atomic E-state index is 0.357. The quantitative estimate of drug-likeness (QED) is 0.267. The van der Waals surface area contributed by atoms with Crippen LogP contribution in [0.1, 0.15) is 0 Å². The first kappa shape index (κ1) is 9.75. The van der Waals surface area contributed by atoms with Crippen molar-refractivity contribution in [2.75, 3.05) is 0 Å². The third-order valence-corrected chi connectivity index (χ3v) is 1.63. The lowest BCUT2D eigenvalue weighted by Crippen LogP contribution is -2.35. The normalized spacial score (nSPS) is 19.9. The number of allylic oxidation sites excluding steroid dienone is 2. The molecular formula is C6H4N4O4. The molecule has 0 aromatic carbocycles. The molecule has 14 heavy (non-hydrogen) atoms. The highest BCUT2D eigenvalue weighted by molar-refractivity contribution is 5.97. The van der Waals surface area contributed by atoms with E-state index in [0.29, 0.717) is 0 Å². The lowest BCUT2D eigenvalue weighted by molar-refractivity contribution is -0.540. The molecule has 0 radical (unpaired) electrons. The maximum atomic E-state index is 10.5. The summed E-state index contributed by atoms with van der Waals surface area (Å²) in [6.45, 7) is 0. The molecule has 0 heterocycles. The van der Waals surface area contributed by atoms with Crippen molar-refractivity contribution in [1.29, 1.82) is 0 Å². The zero-order valence-corrected chi connectivity index (χ0v) is 6.73. The Labute approximate surface area is 77.1 Å². The summed E-state index contributed by atoms with van der Waals surface area (Å²) in [5, 5.41) is 20.9. The van der Waals surface area contributed by atoms with Crippen molar-refractivity contribution in [3.8, 4) is 0 Å². The van der Waals surface area contributed by atoms with Gasteiger partial charge in [-0.15, -0.1) is 0 Å². The minimum atomic E-state index is -1.71. The molecule has 8 heteroatoms. The topological polar surface area (TPSA) is 123 Å². The molecule has 0 aromatic heterocycles. The van der Waals surface area contributed by atoms with Gasteiger partial charge in [0.15, 0.2) is 0 Å².